The lowest BCUT2D eigenvalue weighted by Gasteiger charge is -2.11. The third-order valence-electron chi connectivity index (χ3n) is 2.86. The topological polar surface area (TPSA) is 66.5 Å². The van der Waals surface area contributed by atoms with Crippen LogP contribution >= 0.6 is 43.6 Å². The highest BCUT2D eigenvalue weighted by atomic mass is 79.9. The van der Waals surface area contributed by atoms with Crippen LogP contribution in [0.25, 0.3) is 0 Å². The maximum absolute atomic E-state index is 12.5. The normalized spacial score (nSPS) is 11.2. The summed E-state index contributed by atoms with van der Waals surface area (Å²) in [7, 11) is -0.376. The summed E-state index contributed by atoms with van der Waals surface area (Å²) in [5.41, 5.74) is 0.420. The van der Waals surface area contributed by atoms with Crippen LogP contribution in [-0.2, 0) is 10.0 Å². The van der Waals surface area contributed by atoms with E-state index in [-0.39, 0.29) is 10.1 Å². The molecule has 0 atom stereocenters. The molecule has 0 aliphatic rings. The standard InChI is InChI=1S/C15H14Br2N2O3S2/c1-19(2)15(20)23-12-6-4-11(5-7-12)18-24(21,22)14-9-10(16)3-8-13(14)17/h3-9,18H,1-2H3. The number of thioether (sulfide) groups is 1. The fourth-order valence-electron chi connectivity index (χ4n) is 1.68. The second-order valence-electron chi connectivity index (χ2n) is 4.97. The number of carbonyl (C=O) groups excluding carboxylic acids is 1. The first-order valence-corrected chi connectivity index (χ1v) is 10.5. The maximum atomic E-state index is 12.5. The Morgan fingerprint density at radius 3 is 2.29 bits per heavy atom. The maximum Gasteiger partial charge on any atom is 0.285 e. The number of amides is 1. The molecule has 0 aromatic heterocycles. The van der Waals surface area contributed by atoms with Crippen LogP contribution < -0.4 is 4.72 Å². The zero-order valence-electron chi connectivity index (χ0n) is 12.8. The number of halogens is 2. The number of hydrogen-bond acceptors (Lipinski definition) is 4. The molecule has 9 heteroatoms. The second-order valence-corrected chi connectivity index (χ2v) is 9.41. The molecule has 0 aliphatic carbocycles. The summed E-state index contributed by atoms with van der Waals surface area (Å²) in [5.74, 6) is 0. The summed E-state index contributed by atoms with van der Waals surface area (Å²) < 4.78 is 28.7. The first kappa shape index (κ1) is 19.3. The molecular formula is C15H14Br2N2O3S2. The highest BCUT2D eigenvalue weighted by Gasteiger charge is 2.18. The lowest BCUT2D eigenvalue weighted by atomic mass is 10.3. The molecule has 0 unspecified atom stereocenters. The summed E-state index contributed by atoms with van der Waals surface area (Å²) in [4.78, 5) is 14.0. The minimum absolute atomic E-state index is 0.0959. The van der Waals surface area contributed by atoms with Crippen LogP contribution in [-0.4, -0.2) is 32.7 Å². The Hall–Kier alpha value is -1.03. The van der Waals surface area contributed by atoms with E-state index in [9.17, 15) is 13.2 Å². The monoisotopic (exact) mass is 492 g/mol. The van der Waals surface area contributed by atoms with Gasteiger partial charge in [-0.05, 0) is 70.2 Å². The predicted molar refractivity (Wildman–Crippen MR) is 104 cm³/mol. The number of rotatable bonds is 4. The Morgan fingerprint density at radius 1 is 1.08 bits per heavy atom. The molecule has 1 N–H and O–H groups in total. The molecule has 128 valence electrons. The number of nitrogens with zero attached hydrogens (tertiary/aromatic N) is 1. The van der Waals surface area contributed by atoms with Crippen molar-refractivity contribution in [2.24, 2.45) is 0 Å². The van der Waals surface area contributed by atoms with Crippen molar-refractivity contribution in [1.29, 1.82) is 0 Å². The van der Waals surface area contributed by atoms with E-state index in [4.69, 9.17) is 0 Å². The van der Waals surface area contributed by atoms with Gasteiger partial charge in [0.2, 0.25) is 0 Å². The summed E-state index contributed by atoms with van der Waals surface area (Å²) in [6, 6.07) is 11.6. The molecular weight excluding hydrogens is 480 g/mol. The second kappa shape index (κ2) is 7.90. The predicted octanol–water partition coefficient (Wildman–Crippen LogP) is 4.79. The molecule has 24 heavy (non-hydrogen) atoms. The fourth-order valence-corrected chi connectivity index (χ4v) is 4.89. The van der Waals surface area contributed by atoms with Gasteiger partial charge in [-0.3, -0.25) is 9.52 Å². The van der Waals surface area contributed by atoms with Gasteiger partial charge in [-0.1, -0.05) is 15.9 Å². The van der Waals surface area contributed by atoms with Crippen LogP contribution in [0.2, 0.25) is 0 Å². The molecule has 5 nitrogen and oxygen atoms in total. The van der Waals surface area contributed by atoms with Gasteiger partial charge in [-0.15, -0.1) is 0 Å². The van der Waals surface area contributed by atoms with Crippen LogP contribution in [0.3, 0.4) is 0 Å². The Kier molecular flexibility index (Phi) is 6.35. The smallest absolute Gasteiger partial charge is 0.285 e. The van der Waals surface area contributed by atoms with E-state index in [0.717, 1.165) is 16.7 Å². The molecule has 0 saturated carbocycles. The number of carbonyl (C=O) groups is 1. The summed E-state index contributed by atoms with van der Waals surface area (Å²) in [6.07, 6.45) is 0. The minimum atomic E-state index is -3.72. The van der Waals surface area contributed by atoms with Gasteiger partial charge in [-0.2, -0.15) is 0 Å². The van der Waals surface area contributed by atoms with Gasteiger partial charge in [-0.25, -0.2) is 8.42 Å². The third kappa shape index (κ3) is 4.98. The molecule has 0 radical (unpaired) electrons. The number of benzene rings is 2. The van der Waals surface area contributed by atoms with Crippen molar-refractivity contribution in [1.82, 2.24) is 4.90 Å². The van der Waals surface area contributed by atoms with E-state index in [0.29, 0.717) is 14.6 Å². The van der Waals surface area contributed by atoms with Crippen LogP contribution in [0.5, 0.6) is 0 Å². The zero-order chi connectivity index (χ0) is 17.9. The van der Waals surface area contributed by atoms with E-state index < -0.39 is 10.0 Å². The van der Waals surface area contributed by atoms with E-state index in [1.54, 1.807) is 50.5 Å². The fraction of sp³-hybridized carbons (Fsp3) is 0.133. The van der Waals surface area contributed by atoms with Crippen molar-refractivity contribution >= 4 is 64.6 Å². The van der Waals surface area contributed by atoms with Gasteiger partial charge in [0.1, 0.15) is 4.90 Å². The first-order chi connectivity index (χ1) is 11.2. The van der Waals surface area contributed by atoms with E-state index in [2.05, 4.69) is 36.6 Å². The van der Waals surface area contributed by atoms with Gasteiger partial charge in [0.15, 0.2) is 0 Å². The Balaban J connectivity index is 2.18. The number of hydrogen-bond donors (Lipinski definition) is 1. The van der Waals surface area contributed by atoms with Crippen LogP contribution in [0.1, 0.15) is 0 Å². The van der Waals surface area contributed by atoms with Gasteiger partial charge in [0.25, 0.3) is 15.3 Å². The van der Waals surface area contributed by atoms with E-state index in [1.165, 1.54) is 11.0 Å². The van der Waals surface area contributed by atoms with Crippen molar-refractivity contribution in [2.75, 3.05) is 18.8 Å². The average Bonchev–Trinajstić information content (AvgIpc) is 2.51. The van der Waals surface area contributed by atoms with E-state index in [1.807, 2.05) is 0 Å². The van der Waals surface area contributed by atoms with Crippen LogP contribution in [0.4, 0.5) is 10.5 Å². The lowest BCUT2D eigenvalue weighted by Crippen LogP contribution is -2.16. The number of anilines is 1. The Labute approximate surface area is 162 Å². The molecule has 0 aliphatic heterocycles. The van der Waals surface area contributed by atoms with Gasteiger partial charge < -0.3 is 4.90 Å². The van der Waals surface area contributed by atoms with Crippen molar-refractivity contribution in [3.8, 4) is 0 Å². The zero-order valence-corrected chi connectivity index (χ0v) is 17.6. The van der Waals surface area contributed by atoms with Crippen molar-refractivity contribution < 1.29 is 13.2 Å². The van der Waals surface area contributed by atoms with Crippen molar-refractivity contribution in [3.05, 3.63) is 51.4 Å². The SMILES string of the molecule is CN(C)C(=O)Sc1ccc(NS(=O)(=O)c2cc(Br)ccc2Br)cc1. The molecule has 0 saturated heterocycles. The molecule has 0 fully saturated rings. The largest absolute Gasteiger partial charge is 0.339 e. The summed E-state index contributed by atoms with van der Waals surface area (Å²) in [5, 5.41) is -0.0959. The van der Waals surface area contributed by atoms with Crippen LogP contribution in [0.15, 0.2) is 61.2 Å². The lowest BCUT2D eigenvalue weighted by molar-refractivity contribution is 0.241. The number of sulfonamides is 1. The Bertz CT molecular complexity index is 854. The molecule has 2 rings (SSSR count). The van der Waals surface area contributed by atoms with Gasteiger partial charge in [0, 0.05) is 33.6 Å². The first-order valence-electron chi connectivity index (χ1n) is 6.66. The highest BCUT2D eigenvalue weighted by Crippen LogP contribution is 2.28. The summed E-state index contributed by atoms with van der Waals surface area (Å²) >= 11 is 7.59. The summed E-state index contributed by atoms with van der Waals surface area (Å²) in [6.45, 7) is 0. The highest BCUT2D eigenvalue weighted by molar-refractivity contribution is 9.11. The van der Waals surface area contributed by atoms with Gasteiger partial charge >= 0.3 is 0 Å². The molecule has 0 bridgehead atoms. The molecule has 2 aromatic carbocycles. The minimum Gasteiger partial charge on any atom is -0.339 e. The third-order valence-corrected chi connectivity index (χ3v) is 6.78. The number of nitrogens with one attached hydrogen (secondary N) is 1. The van der Waals surface area contributed by atoms with Crippen molar-refractivity contribution in [3.63, 3.8) is 0 Å². The quantitative estimate of drug-likeness (QED) is 0.622. The van der Waals surface area contributed by atoms with E-state index >= 15 is 0 Å². The molecule has 1 amide bonds. The molecule has 0 spiro atoms. The van der Waals surface area contributed by atoms with Crippen LogP contribution in [0, 0.1) is 0 Å². The Morgan fingerprint density at radius 2 is 1.71 bits per heavy atom. The molecule has 2 aromatic rings. The molecule has 0 heterocycles. The van der Waals surface area contributed by atoms with Gasteiger partial charge in [0.05, 0.1) is 0 Å². The van der Waals surface area contributed by atoms with Crippen molar-refractivity contribution in [2.45, 2.75) is 9.79 Å². The average molecular weight is 494 g/mol.